The zero-order chi connectivity index (χ0) is 12.8. The normalized spacial score (nSPS) is 10.6. The zero-order valence-electron chi connectivity index (χ0n) is 10.2. The average Bonchev–Trinajstić information content (AvgIpc) is 2.31. The molecule has 0 aromatic heterocycles. The minimum absolute atomic E-state index is 0.0822. The number of rotatable bonds is 5. The number of amides is 1. The molecule has 1 rings (SSSR count). The van der Waals surface area contributed by atoms with Crippen molar-refractivity contribution in [3.05, 3.63) is 23.2 Å². The Bertz CT molecular complexity index is 391. The van der Waals surface area contributed by atoms with Crippen LogP contribution in [0.4, 0.5) is 11.4 Å². The van der Waals surface area contributed by atoms with Gasteiger partial charge in [0.2, 0.25) is 5.91 Å². The quantitative estimate of drug-likeness (QED) is 0.793. The third-order valence-corrected chi connectivity index (χ3v) is 2.86. The highest BCUT2D eigenvalue weighted by molar-refractivity contribution is 6.33. The molecule has 1 amide bonds. The molecule has 1 aromatic rings. The lowest BCUT2D eigenvalue weighted by Crippen LogP contribution is -2.32. The molecule has 0 fully saturated rings. The van der Waals surface area contributed by atoms with Gasteiger partial charge in [0, 0.05) is 5.69 Å². The van der Waals surface area contributed by atoms with E-state index in [1.807, 2.05) is 18.7 Å². The van der Waals surface area contributed by atoms with E-state index in [4.69, 9.17) is 17.3 Å². The van der Waals surface area contributed by atoms with Crippen molar-refractivity contribution >= 4 is 28.9 Å². The molecular weight excluding hydrogens is 238 g/mol. The summed E-state index contributed by atoms with van der Waals surface area (Å²) in [6, 6.07) is 5.02. The maximum Gasteiger partial charge on any atom is 0.238 e. The molecule has 3 N–H and O–H groups in total. The zero-order valence-corrected chi connectivity index (χ0v) is 10.9. The largest absolute Gasteiger partial charge is 0.399 e. The number of anilines is 2. The van der Waals surface area contributed by atoms with Gasteiger partial charge in [-0.15, -0.1) is 0 Å². The fourth-order valence-corrected chi connectivity index (χ4v) is 1.64. The third kappa shape index (κ3) is 4.24. The summed E-state index contributed by atoms with van der Waals surface area (Å²) in [5.74, 6) is -0.0822. The van der Waals surface area contributed by atoms with Gasteiger partial charge in [-0.05, 0) is 31.3 Å². The molecule has 0 aliphatic heterocycles. The number of carbonyl (C=O) groups excluding carboxylic acids is 1. The van der Waals surface area contributed by atoms with Gasteiger partial charge in [-0.2, -0.15) is 0 Å². The third-order valence-electron chi connectivity index (χ3n) is 2.53. The van der Waals surface area contributed by atoms with E-state index in [2.05, 4.69) is 5.32 Å². The summed E-state index contributed by atoms with van der Waals surface area (Å²) in [7, 11) is 0. The van der Waals surface area contributed by atoms with Crippen molar-refractivity contribution < 1.29 is 4.79 Å². The molecule has 94 valence electrons. The summed E-state index contributed by atoms with van der Waals surface area (Å²) in [5, 5.41) is 3.25. The smallest absolute Gasteiger partial charge is 0.238 e. The van der Waals surface area contributed by atoms with E-state index in [0.717, 1.165) is 13.1 Å². The highest BCUT2D eigenvalue weighted by atomic mass is 35.5. The van der Waals surface area contributed by atoms with Crippen LogP contribution in [-0.4, -0.2) is 30.4 Å². The van der Waals surface area contributed by atoms with Gasteiger partial charge in [-0.3, -0.25) is 9.69 Å². The lowest BCUT2D eigenvalue weighted by molar-refractivity contribution is -0.117. The van der Waals surface area contributed by atoms with Gasteiger partial charge < -0.3 is 11.1 Å². The monoisotopic (exact) mass is 255 g/mol. The van der Waals surface area contributed by atoms with Crippen molar-refractivity contribution in [2.24, 2.45) is 0 Å². The summed E-state index contributed by atoms with van der Waals surface area (Å²) >= 11 is 5.96. The molecule has 17 heavy (non-hydrogen) atoms. The molecule has 0 saturated carbocycles. The van der Waals surface area contributed by atoms with Gasteiger partial charge in [0.1, 0.15) is 0 Å². The molecule has 0 bridgehead atoms. The summed E-state index contributed by atoms with van der Waals surface area (Å²) in [5.41, 5.74) is 6.77. The number of halogens is 1. The van der Waals surface area contributed by atoms with Crippen LogP contribution >= 0.6 is 11.6 Å². The van der Waals surface area contributed by atoms with E-state index < -0.39 is 0 Å². The van der Waals surface area contributed by atoms with E-state index in [-0.39, 0.29) is 5.91 Å². The van der Waals surface area contributed by atoms with Crippen LogP contribution in [0.1, 0.15) is 13.8 Å². The van der Waals surface area contributed by atoms with Crippen molar-refractivity contribution in [1.29, 1.82) is 0 Å². The lowest BCUT2D eigenvalue weighted by Gasteiger charge is -2.17. The standard InChI is InChI=1S/C12H18ClN3O/c1-3-16(4-2)8-12(17)15-11-7-9(14)5-6-10(11)13/h5-7H,3-4,8,14H2,1-2H3,(H,15,17). The van der Waals surface area contributed by atoms with Gasteiger partial charge in [0.15, 0.2) is 0 Å². The predicted octanol–water partition coefficient (Wildman–Crippen LogP) is 2.20. The van der Waals surface area contributed by atoms with Crippen LogP contribution < -0.4 is 11.1 Å². The van der Waals surface area contributed by atoms with Crippen LogP contribution in [0.15, 0.2) is 18.2 Å². The van der Waals surface area contributed by atoms with Crippen molar-refractivity contribution in [3.63, 3.8) is 0 Å². The topological polar surface area (TPSA) is 58.4 Å². The molecule has 0 aliphatic rings. The predicted molar refractivity (Wildman–Crippen MR) is 72.3 cm³/mol. The number of hydrogen-bond acceptors (Lipinski definition) is 3. The van der Waals surface area contributed by atoms with Gasteiger partial charge >= 0.3 is 0 Å². The van der Waals surface area contributed by atoms with Crippen molar-refractivity contribution in [2.75, 3.05) is 30.7 Å². The first-order valence-corrected chi connectivity index (χ1v) is 6.01. The van der Waals surface area contributed by atoms with Crippen LogP contribution in [0.25, 0.3) is 0 Å². The van der Waals surface area contributed by atoms with Crippen molar-refractivity contribution in [3.8, 4) is 0 Å². The van der Waals surface area contributed by atoms with E-state index >= 15 is 0 Å². The number of carbonyl (C=O) groups is 1. The van der Waals surface area contributed by atoms with Crippen molar-refractivity contribution in [1.82, 2.24) is 4.90 Å². The van der Waals surface area contributed by atoms with Crippen molar-refractivity contribution in [2.45, 2.75) is 13.8 Å². The second kappa shape index (κ2) is 6.47. The Balaban J connectivity index is 2.64. The maximum absolute atomic E-state index is 11.8. The summed E-state index contributed by atoms with van der Waals surface area (Å²) in [6.07, 6.45) is 0. The summed E-state index contributed by atoms with van der Waals surface area (Å²) in [6.45, 7) is 6.08. The Morgan fingerprint density at radius 2 is 2.06 bits per heavy atom. The average molecular weight is 256 g/mol. The molecule has 0 spiro atoms. The first-order chi connectivity index (χ1) is 8.06. The number of nitrogen functional groups attached to an aromatic ring is 1. The second-order valence-corrected chi connectivity index (χ2v) is 4.16. The number of nitrogens with two attached hydrogens (primary N) is 1. The van der Waals surface area contributed by atoms with Gasteiger partial charge in [-0.25, -0.2) is 0 Å². The molecule has 0 aliphatic carbocycles. The van der Waals surface area contributed by atoms with E-state index in [1.54, 1.807) is 18.2 Å². The molecule has 0 radical (unpaired) electrons. The minimum Gasteiger partial charge on any atom is -0.399 e. The maximum atomic E-state index is 11.8. The minimum atomic E-state index is -0.0822. The SMILES string of the molecule is CCN(CC)CC(=O)Nc1cc(N)ccc1Cl. The Kier molecular flexibility index (Phi) is 5.25. The highest BCUT2D eigenvalue weighted by Crippen LogP contribution is 2.23. The first-order valence-electron chi connectivity index (χ1n) is 5.64. The van der Waals surface area contributed by atoms with Gasteiger partial charge in [0.25, 0.3) is 0 Å². The van der Waals surface area contributed by atoms with E-state index in [0.29, 0.717) is 22.9 Å². The molecule has 5 heteroatoms. The Hall–Kier alpha value is -1.26. The Morgan fingerprint density at radius 3 is 2.65 bits per heavy atom. The molecule has 0 saturated heterocycles. The lowest BCUT2D eigenvalue weighted by atomic mass is 10.3. The Morgan fingerprint density at radius 1 is 1.41 bits per heavy atom. The molecule has 0 heterocycles. The van der Waals surface area contributed by atoms with Gasteiger partial charge in [0.05, 0.1) is 17.3 Å². The number of nitrogens with one attached hydrogen (secondary N) is 1. The molecule has 1 aromatic carbocycles. The first kappa shape index (κ1) is 13.8. The molecular formula is C12H18ClN3O. The molecule has 4 nitrogen and oxygen atoms in total. The molecule has 0 atom stereocenters. The number of benzene rings is 1. The number of hydrogen-bond donors (Lipinski definition) is 2. The van der Waals surface area contributed by atoms with Gasteiger partial charge in [-0.1, -0.05) is 25.4 Å². The van der Waals surface area contributed by atoms with Crippen LogP contribution in [0.3, 0.4) is 0 Å². The van der Waals surface area contributed by atoms with Crippen LogP contribution in [0.5, 0.6) is 0 Å². The second-order valence-electron chi connectivity index (χ2n) is 3.75. The fraction of sp³-hybridized carbons (Fsp3) is 0.417. The summed E-state index contributed by atoms with van der Waals surface area (Å²) in [4.78, 5) is 13.8. The van der Waals surface area contributed by atoms with Crippen LogP contribution in [0.2, 0.25) is 5.02 Å². The van der Waals surface area contributed by atoms with E-state index in [9.17, 15) is 4.79 Å². The number of nitrogens with zero attached hydrogens (tertiary/aromatic N) is 1. The fourth-order valence-electron chi connectivity index (χ4n) is 1.48. The van der Waals surface area contributed by atoms with E-state index in [1.165, 1.54) is 0 Å². The molecule has 0 unspecified atom stereocenters. The van der Waals surface area contributed by atoms with Crippen LogP contribution in [0, 0.1) is 0 Å². The summed E-state index contributed by atoms with van der Waals surface area (Å²) < 4.78 is 0. The Labute approximate surface area is 107 Å². The number of likely N-dealkylation sites (N-methyl/N-ethyl adjacent to an activating group) is 1. The highest BCUT2D eigenvalue weighted by Gasteiger charge is 2.09. The van der Waals surface area contributed by atoms with Crippen LogP contribution in [-0.2, 0) is 4.79 Å².